The fourth-order valence-electron chi connectivity index (χ4n) is 1.74. The molecule has 0 saturated heterocycles. The van der Waals surface area contributed by atoms with E-state index in [0.29, 0.717) is 0 Å². The highest BCUT2D eigenvalue weighted by Gasteiger charge is 2.26. The van der Waals surface area contributed by atoms with Gasteiger partial charge in [-0.25, -0.2) is 8.78 Å². The molecule has 0 unspecified atom stereocenters. The first-order valence-corrected chi connectivity index (χ1v) is 6.24. The second-order valence-corrected chi connectivity index (χ2v) is 4.41. The Kier molecular flexibility index (Phi) is 6.07. The fourth-order valence-corrected chi connectivity index (χ4v) is 1.74. The zero-order chi connectivity index (χ0) is 16.0. The predicted octanol–water partition coefficient (Wildman–Crippen LogP) is 2.68. The Hall–Kier alpha value is -1.70. The maximum absolute atomic E-state index is 13.6. The molecule has 1 aromatic carbocycles. The van der Waals surface area contributed by atoms with E-state index in [0.717, 1.165) is 18.2 Å². The van der Waals surface area contributed by atoms with Gasteiger partial charge in [-0.15, -0.1) is 0 Å². The standard InChI is InChI=1S/C13H15F5N2O/c1-2-11(9-5-8(14)3-4-10(9)15)20-12(21)6-19-7-13(16,17)18/h3-5,11,19H,2,6-7H2,1H3,(H,20,21)/t11-/m0/s1. The molecule has 0 saturated carbocycles. The number of hydrogen-bond acceptors (Lipinski definition) is 2. The van der Waals surface area contributed by atoms with Crippen LogP contribution in [0.15, 0.2) is 18.2 Å². The molecule has 1 rings (SSSR count). The highest BCUT2D eigenvalue weighted by molar-refractivity contribution is 5.78. The molecule has 118 valence electrons. The molecule has 0 aliphatic heterocycles. The van der Waals surface area contributed by atoms with Gasteiger partial charge >= 0.3 is 6.18 Å². The van der Waals surface area contributed by atoms with Gasteiger partial charge in [0.25, 0.3) is 0 Å². The highest BCUT2D eigenvalue weighted by atomic mass is 19.4. The lowest BCUT2D eigenvalue weighted by Crippen LogP contribution is -2.39. The number of benzene rings is 1. The number of carbonyl (C=O) groups excluding carboxylic acids is 1. The Morgan fingerprint density at radius 3 is 2.52 bits per heavy atom. The van der Waals surface area contributed by atoms with Crippen LogP contribution in [0.2, 0.25) is 0 Å². The molecule has 0 heterocycles. The van der Waals surface area contributed by atoms with Crippen molar-refractivity contribution in [2.45, 2.75) is 25.6 Å². The number of hydrogen-bond donors (Lipinski definition) is 2. The van der Waals surface area contributed by atoms with E-state index < -0.39 is 42.8 Å². The number of amides is 1. The summed E-state index contributed by atoms with van der Waals surface area (Å²) >= 11 is 0. The number of nitrogens with one attached hydrogen (secondary N) is 2. The molecule has 0 radical (unpaired) electrons. The van der Waals surface area contributed by atoms with E-state index >= 15 is 0 Å². The topological polar surface area (TPSA) is 41.1 Å². The summed E-state index contributed by atoms with van der Waals surface area (Å²) in [7, 11) is 0. The van der Waals surface area contributed by atoms with E-state index in [1.54, 1.807) is 6.92 Å². The van der Waals surface area contributed by atoms with Gasteiger partial charge in [0.2, 0.25) is 5.91 Å². The van der Waals surface area contributed by atoms with Crippen molar-refractivity contribution >= 4 is 5.91 Å². The predicted molar refractivity (Wildman–Crippen MR) is 66.5 cm³/mol. The van der Waals surface area contributed by atoms with Crippen LogP contribution in [0, 0.1) is 11.6 Å². The minimum atomic E-state index is -4.42. The third-order valence-electron chi connectivity index (χ3n) is 2.69. The maximum Gasteiger partial charge on any atom is 0.401 e. The SMILES string of the molecule is CC[C@H](NC(=O)CNCC(F)(F)F)c1cc(F)ccc1F. The molecule has 3 nitrogen and oxygen atoms in total. The summed E-state index contributed by atoms with van der Waals surface area (Å²) in [6.07, 6.45) is -4.15. The van der Waals surface area contributed by atoms with Gasteiger partial charge in [0.1, 0.15) is 11.6 Å². The van der Waals surface area contributed by atoms with Crippen LogP contribution in [0.4, 0.5) is 22.0 Å². The maximum atomic E-state index is 13.6. The summed E-state index contributed by atoms with van der Waals surface area (Å²) in [5.41, 5.74) is -0.0401. The van der Waals surface area contributed by atoms with Gasteiger partial charge in [-0.3, -0.25) is 4.79 Å². The Morgan fingerprint density at radius 2 is 1.95 bits per heavy atom. The number of rotatable bonds is 6. The van der Waals surface area contributed by atoms with E-state index in [9.17, 15) is 26.7 Å². The number of carbonyl (C=O) groups is 1. The third-order valence-corrected chi connectivity index (χ3v) is 2.69. The quantitative estimate of drug-likeness (QED) is 0.793. The molecule has 1 atom stereocenters. The van der Waals surface area contributed by atoms with Crippen LogP contribution in [-0.4, -0.2) is 25.2 Å². The summed E-state index contributed by atoms with van der Waals surface area (Å²) < 4.78 is 62.4. The van der Waals surface area contributed by atoms with Crippen LogP contribution in [0.1, 0.15) is 24.9 Å². The van der Waals surface area contributed by atoms with Gasteiger partial charge in [-0.05, 0) is 24.6 Å². The zero-order valence-corrected chi connectivity index (χ0v) is 11.2. The first-order chi connectivity index (χ1) is 9.73. The van der Waals surface area contributed by atoms with Crippen LogP contribution in [0.5, 0.6) is 0 Å². The third kappa shape index (κ3) is 6.07. The van der Waals surface area contributed by atoms with Gasteiger partial charge in [-0.2, -0.15) is 13.2 Å². The van der Waals surface area contributed by atoms with Crippen LogP contribution in [-0.2, 0) is 4.79 Å². The summed E-state index contributed by atoms with van der Waals surface area (Å²) in [5, 5.41) is 4.29. The van der Waals surface area contributed by atoms with Crippen LogP contribution >= 0.6 is 0 Å². The zero-order valence-electron chi connectivity index (χ0n) is 11.2. The molecule has 0 aliphatic rings. The van der Waals surface area contributed by atoms with Crippen molar-refractivity contribution in [1.29, 1.82) is 0 Å². The fraction of sp³-hybridized carbons (Fsp3) is 0.462. The van der Waals surface area contributed by atoms with Gasteiger partial charge in [-0.1, -0.05) is 6.92 Å². The van der Waals surface area contributed by atoms with Crippen molar-refractivity contribution in [3.05, 3.63) is 35.4 Å². The Morgan fingerprint density at radius 1 is 1.29 bits per heavy atom. The highest BCUT2D eigenvalue weighted by Crippen LogP contribution is 2.21. The van der Waals surface area contributed by atoms with E-state index in [4.69, 9.17) is 0 Å². The number of alkyl halides is 3. The Labute approximate surface area is 118 Å². The van der Waals surface area contributed by atoms with Crippen LogP contribution < -0.4 is 10.6 Å². The monoisotopic (exact) mass is 310 g/mol. The first kappa shape index (κ1) is 17.4. The molecule has 0 spiro atoms. The largest absolute Gasteiger partial charge is 0.401 e. The molecule has 0 bridgehead atoms. The molecular weight excluding hydrogens is 295 g/mol. The van der Waals surface area contributed by atoms with Gasteiger partial charge in [0.15, 0.2) is 0 Å². The average molecular weight is 310 g/mol. The minimum Gasteiger partial charge on any atom is -0.348 e. The molecule has 8 heteroatoms. The normalized spacial score (nSPS) is 13.0. The van der Waals surface area contributed by atoms with Crippen molar-refractivity contribution in [1.82, 2.24) is 10.6 Å². The minimum absolute atomic E-state index is 0.0401. The molecule has 1 aromatic rings. The summed E-state index contributed by atoms with van der Waals surface area (Å²) in [6.45, 7) is -0.225. The van der Waals surface area contributed by atoms with Gasteiger partial charge in [0, 0.05) is 5.56 Å². The van der Waals surface area contributed by atoms with Gasteiger partial charge in [0.05, 0.1) is 19.1 Å². The molecule has 0 aromatic heterocycles. The van der Waals surface area contributed by atoms with E-state index in [2.05, 4.69) is 5.32 Å². The average Bonchev–Trinajstić information content (AvgIpc) is 2.37. The van der Waals surface area contributed by atoms with Crippen molar-refractivity contribution in [3.8, 4) is 0 Å². The second-order valence-electron chi connectivity index (χ2n) is 4.41. The van der Waals surface area contributed by atoms with Gasteiger partial charge < -0.3 is 10.6 Å². The molecule has 21 heavy (non-hydrogen) atoms. The lowest BCUT2D eigenvalue weighted by Gasteiger charge is -2.18. The molecule has 2 N–H and O–H groups in total. The first-order valence-electron chi connectivity index (χ1n) is 6.24. The molecule has 0 fully saturated rings. The smallest absolute Gasteiger partial charge is 0.348 e. The molecule has 0 aliphatic carbocycles. The molecular formula is C13H15F5N2O. The van der Waals surface area contributed by atoms with E-state index in [1.807, 2.05) is 5.32 Å². The van der Waals surface area contributed by atoms with Crippen molar-refractivity contribution in [2.75, 3.05) is 13.1 Å². The van der Waals surface area contributed by atoms with E-state index in [-0.39, 0.29) is 12.0 Å². The summed E-state index contributed by atoms with van der Waals surface area (Å²) in [5.74, 6) is -2.07. The Balaban J connectivity index is 2.61. The second kappa shape index (κ2) is 7.35. The summed E-state index contributed by atoms with van der Waals surface area (Å²) in [4.78, 5) is 11.5. The van der Waals surface area contributed by atoms with Crippen molar-refractivity contribution in [2.24, 2.45) is 0 Å². The van der Waals surface area contributed by atoms with E-state index in [1.165, 1.54) is 0 Å². The van der Waals surface area contributed by atoms with Crippen molar-refractivity contribution in [3.63, 3.8) is 0 Å². The molecule has 1 amide bonds. The summed E-state index contributed by atoms with van der Waals surface area (Å²) in [6, 6.07) is 2.02. The van der Waals surface area contributed by atoms with Crippen molar-refractivity contribution < 1.29 is 26.7 Å². The van der Waals surface area contributed by atoms with Crippen LogP contribution in [0.25, 0.3) is 0 Å². The number of halogens is 5. The lowest BCUT2D eigenvalue weighted by atomic mass is 10.0. The van der Waals surface area contributed by atoms with Crippen LogP contribution in [0.3, 0.4) is 0 Å². The lowest BCUT2D eigenvalue weighted by molar-refractivity contribution is -0.128. The Bertz CT molecular complexity index is 490.